The van der Waals surface area contributed by atoms with E-state index in [1.54, 1.807) is 6.07 Å². The van der Waals surface area contributed by atoms with Gasteiger partial charge in [-0.3, -0.25) is 4.90 Å². The zero-order chi connectivity index (χ0) is 21.6. The SMILES string of the molecule is C=C/C=C(\C=C)[C@H]1CCc2cc(O)ccc2[C@H]1c1ccc(OCCN2CCCC2)cc1. The Kier molecular flexibility index (Phi) is 6.93. The van der Waals surface area contributed by atoms with Gasteiger partial charge in [0.15, 0.2) is 0 Å². The van der Waals surface area contributed by atoms with Crippen molar-refractivity contribution in [2.75, 3.05) is 26.2 Å². The van der Waals surface area contributed by atoms with Crippen molar-refractivity contribution in [3.8, 4) is 11.5 Å². The maximum absolute atomic E-state index is 9.99. The largest absolute Gasteiger partial charge is 0.508 e. The highest BCUT2D eigenvalue weighted by Crippen LogP contribution is 2.45. The third-order valence-corrected chi connectivity index (χ3v) is 6.68. The molecule has 1 aliphatic carbocycles. The van der Waals surface area contributed by atoms with Crippen molar-refractivity contribution >= 4 is 0 Å². The maximum Gasteiger partial charge on any atom is 0.119 e. The minimum Gasteiger partial charge on any atom is -0.508 e. The first-order chi connectivity index (χ1) is 15.2. The highest BCUT2D eigenvalue weighted by molar-refractivity contribution is 5.48. The summed E-state index contributed by atoms with van der Waals surface area (Å²) in [5.74, 6) is 1.80. The third-order valence-electron chi connectivity index (χ3n) is 6.68. The van der Waals surface area contributed by atoms with E-state index in [-0.39, 0.29) is 5.92 Å². The molecular weight excluding hydrogens is 382 g/mol. The topological polar surface area (TPSA) is 32.7 Å². The Labute approximate surface area is 186 Å². The quantitative estimate of drug-likeness (QED) is 0.548. The van der Waals surface area contributed by atoms with Gasteiger partial charge in [0.1, 0.15) is 18.1 Å². The normalized spacial score (nSPS) is 21.5. The predicted octanol–water partition coefficient (Wildman–Crippen LogP) is 5.86. The molecule has 0 radical (unpaired) electrons. The van der Waals surface area contributed by atoms with E-state index in [4.69, 9.17) is 4.74 Å². The Morgan fingerprint density at radius 3 is 2.58 bits per heavy atom. The molecule has 0 amide bonds. The molecule has 3 heteroatoms. The molecule has 2 aromatic carbocycles. The summed E-state index contributed by atoms with van der Waals surface area (Å²) < 4.78 is 6.01. The van der Waals surface area contributed by atoms with Crippen LogP contribution in [0.1, 0.15) is 41.9 Å². The molecule has 1 saturated heterocycles. The minimum atomic E-state index is 0.215. The van der Waals surface area contributed by atoms with Crippen molar-refractivity contribution in [1.82, 2.24) is 4.90 Å². The molecule has 0 aromatic heterocycles. The summed E-state index contributed by atoms with van der Waals surface area (Å²) in [4.78, 5) is 2.47. The van der Waals surface area contributed by atoms with Crippen LogP contribution in [0, 0.1) is 5.92 Å². The van der Waals surface area contributed by atoms with Crippen molar-refractivity contribution in [3.05, 3.63) is 96.1 Å². The van der Waals surface area contributed by atoms with Crippen molar-refractivity contribution in [2.24, 2.45) is 5.92 Å². The van der Waals surface area contributed by atoms with Crippen LogP contribution in [0.4, 0.5) is 0 Å². The van der Waals surface area contributed by atoms with Crippen LogP contribution in [-0.4, -0.2) is 36.2 Å². The first-order valence-electron chi connectivity index (χ1n) is 11.4. The lowest BCUT2D eigenvalue weighted by molar-refractivity contribution is 0.237. The highest BCUT2D eigenvalue weighted by Gasteiger charge is 2.32. The fraction of sp³-hybridized carbons (Fsp3) is 0.357. The van der Waals surface area contributed by atoms with Gasteiger partial charge >= 0.3 is 0 Å². The molecule has 162 valence electrons. The number of ether oxygens (including phenoxy) is 1. The number of aromatic hydroxyl groups is 1. The molecule has 1 aliphatic heterocycles. The van der Waals surface area contributed by atoms with Gasteiger partial charge in [-0.25, -0.2) is 0 Å². The number of phenols is 1. The standard InChI is InChI=1S/C28H33NO2/c1-3-7-21(4-2)26-14-10-23-20-24(30)11-15-27(23)28(26)22-8-12-25(13-9-22)31-19-18-29-16-5-6-17-29/h3-4,7-9,11-13,15,20,26,28,30H,1-2,5-6,10,14,16-19H2/b21-7+/t26-,28+/m1/s1. The summed E-state index contributed by atoms with van der Waals surface area (Å²) in [6.45, 7) is 12.1. The predicted molar refractivity (Wildman–Crippen MR) is 128 cm³/mol. The van der Waals surface area contributed by atoms with E-state index in [0.29, 0.717) is 11.7 Å². The number of allylic oxidation sites excluding steroid dienone is 4. The summed E-state index contributed by atoms with van der Waals surface area (Å²) in [5, 5.41) is 9.99. The van der Waals surface area contributed by atoms with Gasteiger partial charge in [-0.05, 0) is 91.2 Å². The Bertz CT molecular complexity index is 938. The molecule has 0 saturated carbocycles. The molecule has 1 N–H and O–H groups in total. The first-order valence-corrected chi connectivity index (χ1v) is 11.4. The number of aryl methyl sites for hydroxylation is 1. The Balaban J connectivity index is 1.57. The number of rotatable bonds is 8. The third kappa shape index (κ3) is 4.94. The van der Waals surface area contributed by atoms with Gasteiger partial charge in [0.05, 0.1) is 0 Å². The smallest absolute Gasteiger partial charge is 0.119 e. The molecule has 2 atom stereocenters. The summed E-state index contributed by atoms with van der Waals surface area (Å²) in [6.07, 6.45) is 10.5. The van der Waals surface area contributed by atoms with E-state index < -0.39 is 0 Å². The van der Waals surface area contributed by atoms with Crippen LogP contribution in [0.15, 0.2) is 79.4 Å². The van der Waals surface area contributed by atoms with Gasteiger partial charge < -0.3 is 9.84 Å². The molecule has 2 aliphatic rings. The van der Waals surface area contributed by atoms with Gasteiger partial charge in [0.25, 0.3) is 0 Å². The van der Waals surface area contributed by atoms with Crippen molar-refractivity contribution in [3.63, 3.8) is 0 Å². The number of fused-ring (bicyclic) bond motifs is 1. The second-order valence-electron chi connectivity index (χ2n) is 8.58. The second kappa shape index (κ2) is 10.0. The molecule has 31 heavy (non-hydrogen) atoms. The summed E-state index contributed by atoms with van der Waals surface area (Å²) in [6, 6.07) is 14.4. The summed E-state index contributed by atoms with van der Waals surface area (Å²) in [5.41, 5.74) is 4.99. The van der Waals surface area contributed by atoms with E-state index in [1.807, 2.05) is 18.2 Å². The van der Waals surface area contributed by atoms with E-state index in [0.717, 1.165) is 31.7 Å². The highest BCUT2D eigenvalue weighted by atomic mass is 16.5. The van der Waals surface area contributed by atoms with Gasteiger partial charge in [0.2, 0.25) is 0 Å². The summed E-state index contributed by atoms with van der Waals surface area (Å²) >= 11 is 0. The number of phenolic OH excluding ortho intramolecular Hbond substituents is 1. The van der Waals surface area contributed by atoms with E-state index in [9.17, 15) is 5.11 Å². The zero-order valence-electron chi connectivity index (χ0n) is 18.3. The van der Waals surface area contributed by atoms with Crippen molar-refractivity contribution in [1.29, 1.82) is 0 Å². The first kappa shape index (κ1) is 21.5. The Hall–Kier alpha value is -2.78. The monoisotopic (exact) mass is 415 g/mol. The second-order valence-corrected chi connectivity index (χ2v) is 8.58. The fourth-order valence-electron chi connectivity index (χ4n) is 5.13. The number of likely N-dealkylation sites (tertiary alicyclic amines) is 1. The number of hydrogen-bond acceptors (Lipinski definition) is 3. The van der Waals surface area contributed by atoms with Crippen molar-refractivity contribution in [2.45, 2.75) is 31.6 Å². The zero-order valence-corrected chi connectivity index (χ0v) is 18.3. The van der Waals surface area contributed by atoms with Crippen LogP contribution >= 0.6 is 0 Å². The van der Waals surface area contributed by atoms with Crippen LogP contribution in [0.5, 0.6) is 11.5 Å². The molecular formula is C28H33NO2. The van der Waals surface area contributed by atoms with Gasteiger partial charge in [-0.1, -0.05) is 49.6 Å². The molecule has 0 unspecified atom stereocenters. The molecule has 1 fully saturated rings. The van der Waals surface area contributed by atoms with Crippen LogP contribution in [0.2, 0.25) is 0 Å². The van der Waals surface area contributed by atoms with Gasteiger partial charge in [0, 0.05) is 12.5 Å². The molecule has 2 aromatic rings. The molecule has 0 bridgehead atoms. The summed E-state index contributed by atoms with van der Waals surface area (Å²) in [7, 11) is 0. The lowest BCUT2D eigenvalue weighted by Gasteiger charge is -2.35. The molecule has 4 rings (SSSR count). The molecule has 1 heterocycles. The fourth-order valence-corrected chi connectivity index (χ4v) is 5.13. The van der Waals surface area contributed by atoms with E-state index >= 15 is 0 Å². The van der Waals surface area contributed by atoms with E-state index in [2.05, 4.69) is 54.5 Å². The van der Waals surface area contributed by atoms with Crippen molar-refractivity contribution < 1.29 is 9.84 Å². The van der Waals surface area contributed by atoms with Crippen LogP contribution < -0.4 is 4.74 Å². The van der Waals surface area contributed by atoms with Gasteiger partial charge in [-0.2, -0.15) is 0 Å². The average molecular weight is 416 g/mol. The Morgan fingerprint density at radius 1 is 1.10 bits per heavy atom. The maximum atomic E-state index is 9.99. The van der Waals surface area contributed by atoms with Crippen LogP contribution in [0.25, 0.3) is 0 Å². The lowest BCUT2D eigenvalue weighted by atomic mass is 9.69. The van der Waals surface area contributed by atoms with Crippen LogP contribution in [0.3, 0.4) is 0 Å². The number of hydrogen-bond donors (Lipinski definition) is 1. The Morgan fingerprint density at radius 2 is 1.87 bits per heavy atom. The van der Waals surface area contributed by atoms with E-state index in [1.165, 1.54) is 48.2 Å². The van der Waals surface area contributed by atoms with Gasteiger partial charge in [-0.15, -0.1) is 0 Å². The average Bonchev–Trinajstić information content (AvgIpc) is 3.31. The number of nitrogens with zero attached hydrogens (tertiary/aromatic N) is 1. The minimum absolute atomic E-state index is 0.215. The molecule has 3 nitrogen and oxygen atoms in total. The number of benzene rings is 2. The molecule has 0 spiro atoms. The lowest BCUT2D eigenvalue weighted by Crippen LogP contribution is -2.25. The van der Waals surface area contributed by atoms with Crippen LogP contribution in [-0.2, 0) is 6.42 Å².